The van der Waals surface area contributed by atoms with E-state index in [0.29, 0.717) is 14.8 Å². The molecule has 23 heavy (non-hydrogen) atoms. The third-order valence-corrected chi connectivity index (χ3v) is 5.07. The number of phenolic OH excluding ortho intramolecular Hbond substituents is 1. The molecule has 1 fully saturated rings. The lowest BCUT2D eigenvalue weighted by Crippen LogP contribution is -2.27. The molecule has 2 aromatic rings. The number of amides is 1. The Balaban J connectivity index is 1.97. The Bertz CT molecular complexity index is 843. The largest absolute Gasteiger partial charge is 0.507 e. The molecule has 0 radical (unpaired) electrons. The van der Waals surface area contributed by atoms with Crippen molar-refractivity contribution in [3.63, 3.8) is 0 Å². The number of aryl methyl sites for hydroxylation is 2. The van der Waals surface area contributed by atoms with Crippen LogP contribution >= 0.6 is 24.0 Å². The Morgan fingerprint density at radius 2 is 1.87 bits per heavy atom. The van der Waals surface area contributed by atoms with E-state index in [0.717, 1.165) is 11.3 Å². The number of phenols is 1. The molecule has 3 nitrogen and oxygen atoms in total. The predicted molar refractivity (Wildman–Crippen MR) is 99.7 cm³/mol. The van der Waals surface area contributed by atoms with Gasteiger partial charge in [-0.05, 0) is 49.2 Å². The molecule has 0 spiro atoms. The van der Waals surface area contributed by atoms with Gasteiger partial charge in [0, 0.05) is 5.56 Å². The summed E-state index contributed by atoms with van der Waals surface area (Å²) >= 11 is 6.61. The number of rotatable bonds is 2. The average molecular weight is 341 g/mol. The molecule has 0 atom stereocenters. The van der Waals surface area contributed by atoms with Gasteiger partial charge in [0.15, 0.2) is 4.32 Å². The van der Waals surface area contributed by atoms with E-state index in [1.54, 1.807) is 24.3 Å². The molecule has 1 aliphatic heterocycles. The standard InChI is InChI=1S/C18H15NO2S2/c1-11-7-8-14(9-12(11)2)19-17(21)16(23-18(19)22)10-13-5-3-4-6-15(13)20/h3-10,20H,1-2H3/b16-10-. The lowest BCUT2D eigenvalue weighted by atomic mass is 10.1. The average Bonchev–Trinajstić information content (AvgIpc) is 2.79. The fourth-order valence-electron chi connectivity index (χ4n) is 2.31. The summed E-state index contributed by atoms with van der Waals surface area (Å²) in [5, 5.41) is 9.86. The molecule has 0 saturated carbocycles. The number of nitrogens with zero attached hydrogens (tertiary/aromatic N) is 1. The zero-order valence-electron chi connectivity index (χ0n) is 12.7. The Hall–Kier alpha value is -2.11. The molecule has 0 aromatic heterocycles. The first-order valence-electron chi connectivity index (χ1n) is 7.10. The molecule has 116 valence electrons. The molecule has 1 heterocycles. The molecule has 2 aromatic carbocycles. The molecule has 0 bridgehead atoms. The monoisotopic (exact) mass is 341 g/mol. The summed E-state index contributed by atoms with van der Waals surface area (Å²) in [6, 6.07) is 12.8. The van der Waals surface area contributed by atoms with Crippen LogP contribution in [0.5, 0.6) is 5.75 Å². The van der Waals surface area contributed by atoms with E-state index >= 15 is 0 Å². The highest BCUT2D eigenvalue weighted by Crippen LogP contribution is 2.37. The second kappa shape index (κ2) is 6.18. The van der Waals surface area contributed by atoms with E-state index in [1.807, 2.05) is 38.1 Å². The summed E-state index contributed by atoms with van der Waals surface area (Å²) in [6.07, 6.45) is 1.68. The Labute approximate surface area is 144 Å². The fourth-order valence-corrected chi connectivity index (χ4v) is 3.60. The van der Waals surface area contributed by atoms with Gasteiger partial charge in [0.2, 0.25) is 0 Å². The lowest BCUT2D eigenvalue weighted by Gasteiger charge is -2.15. The van der Waals surface area contributed by atoms with Crippen LogP contribution in [-0.4, -0.2) is 15.3 Å². The van der Waals surface area contributed by atoms with Crippen LogP contribution in [0.2, 0.25) is 0 Å². The van der Waals surface area contributed by atoms with E-state index in [1.165, 1.54) is 22.2 Å². The number of carbonyl (C=O) groups excluding carboxylic acids is 1. The van der Waals surface area contributed by atoms with Gasteiger partial charge in [0.05, 0.1) is 10.6 Å². The molecule has 0 unspecified atom stereocenters. The van der Waals surface area contributed by atoms with Crippen LogP contribution in [0.1, 0.15) is 16.7 Å². The number of benzene rings is 2. The van der Waals surface area contributed by atoms with Crippen molar-refractivity contribution in [1.29, 1.82) is 0 Å². The van der Waals surface area contributed by atoms with Crippen LogP contribution in [0.3, 0.4) is 0 Å². The Morgan fingerprint density at radius 1 is 1.13 bits per heavy atom. The maximum absolute atomic E-state index is 12.7. The highest BCUT2D eigenvalue weighted by molar-refractivity contribution is 8.27. The lowest BCUT2D eigenvalue weighted by molar-refractivity contribution is -0.113. The summed E-state index contributed by atoms with van der Waals surface area (Å²) < 4.78 is 0.500. The minimum absolute atomic E-state index is 0.143. The van der Waals surface area contributed by atoms with Gasteiger partial charge in [0.25, 0.3) is 5.91 Å². The molecule has 1 saturated heterocycles. The van der Waals surface area contributed by atoms with Crippen molar-refractivity contribution >= 4 is 46.0 Å². The van der Waals surface area contributed by atoms with Gasteiger partial charge < -0.3 is 5.11 Å². The van der Waals surface area contributed by atoms with Gasteiger partial charge in [-0.1, -0.05) is 48.2 Å². The molecular formula is C18H15NO2S2. The van der Waals surface area contributed by atoms with Gasteiger partial charge in [0.1, 0.15) is 5.75 Å². The molecular weight excluding hydrogens is 326 g/mol. The SMILES string of the molecule is Cc1ccc(N2C(=O)/C(=C/c3ccccc3O)SC2=S)cc1C. The van der Waals surface area contributed by atoms with Crippen molar-refractivity contribution in [2.45, 2.75) is 13.8 Å². The topological polar surface area (TPSA) is 40.5 Å². The quantitative estimate of drug-likeness (QED) is 0.649. The van der Waals surface area contributed by atoms with Crippen LogP contribution in [0.15, 0.2) is 47.4 Å². The second-order valence-electron chi connectivity index (χ2n) is 5.34. The van der Waals surface area contributed by atoms with Crippen molar-refractivity contribution in [3.05, 3.63) is 64.1 Å². The molecule has 3 rings (SSSR count). The summed E-state index contributed by atoms with van der Waals surface area (Å²) in [6.45, 7) is 4.04. The van der Waals surface area contributed by atoms with Crippen LogP contribution in [0, 0.1) is 13.8 Å². The van der Waals surface area contributed by atoms with Gasteiger partial charge in [-0.25, -0.2) is 0 Å². The minimum atomic E-state index is -0.161. The molecule has 1 aliphatic rings. The number of carbonyl (C=O) groups is 1. The number of anilines is 1. The highest BCUT2D eigenvalue weighted by atomic mass is 32.2. The minimum Gasteiger partial charge on any atom is -0.507 e. The van der Waals surface area contributed by atoms with Crippen molar-refractivity contribution < 1.29 is 9.90 Å². The fraction of sp³-hybridized carbons (Fsp3) is 0.111. The molecule has 0 aliphatic carbocycles. The summed E-state index contributed by atoms with van der Waals surface area (Å²) in [5.74, 6) is -0.0181. The van der Waals surface area contributed by atoms with Gasteiger partial charge in [-0.3, -0.25) is 9.69 Å². The molecule has 1 amide bonds. The van der Waals surface area contributed by atoms with E-state index in [9.17, 15) is 9.90 Å². The third kappa shape index (κ3) is 3.02. The number of hydrogen-bond donors (Lipinski definition) is 1. The van der Waals surface area contributed by atoms with Crippen LogP contribution in [0.25, 0.3) is 6.08 Å². The zero-order valence-corrected chi connectivity index (χ0v) is 14.4. The summed E-state index contributed by atoms with van der Waals surface area (Å²) in [5.41, 5.74) is 3.66. The summed E-state index contributed by atoms with van der Waals surface area (Å²) in [4.78, 5) is 14.7. The predicted octanol–water partition coefficient (Wildman–Crippen LogP) is 4.41. The maximum atomic E-state index is 12.7. The van der Waals surface area contributed by atoms with Crippen LogP contribution in [-0.2, 0) is 4.79 Å². The van der Waals surface area contributed by atoms with E-state index in [4.69, 9.17) is 12.2 Å². The number of hydrogen-bond acceptors (Lipinski definition) is 4. The number of thiocarbonyl (C=S) groups is 1. The Kier molecular flexibility index (Phi) is 4.24. The van der Waals surface area contributed by atoms with Crippen molar-refractivity contribution in [1.82, 2.24) is 0 Å². The number of para-hydroxylation sites is 1. The second-order valence-corrected chi connectivity index (χ2v) is 7.02. The van der Waals surface area contributed by atoms with E-state index in [2.05, 4.69) is 0 Å². The van der Waals surface area contributed by atoms with Gasteiger partial charge >= 0.3 is 0 Å². The van der Waals surface area contributed by atoms with E-state index < -0.39 is 0 Å². The van der Waals surface area contributed by atoms with Crippen LogP contribution in [0.4, 0.5) is 5.69 Å². The smallest absolute Gasteiger partial charge is 0.270 e. The number of thioether (sulfide) groups is 1. The summed E-state index contributed by atoms with van der Waals surface area (Å²) in [7, 11) is 0. The van der Waals surface area contributed by atoms with Crippen molar-refractivity contribution in [2.24, 2.45) is 0 Å². The van der Waals surface area contributed by atoms with Gasteiger partial charge in [-0.15, -0.1) is 0 Å². The molecule has 1 N–H and O–H groups in total. The van der Waals surface area contributed by atoms with Crippen molar-refractivity contribution in [2.75, 3.05) is 4.90 Å². The maximum Gasteiger partial charge on any atom is 0.270 e. The van der Waals surface area contributed by atoms with Crippen LogP contribution < -0.4 is 4.90 Å². The van der Waals surface area contributed by atoms with Crippen molar-refractivity contribution in [3.8, 4) is 5.75 Å². The first-order chi connectivity index (χ1) is 11.0. The zero-order chi connectivity index (χ0) is 16.6. The Morgan fingerprint density at radius 3 is 2.57 bits per heavy atom. The normalized spacial score (nSPS) is 16.4. The van der Waals surface area contributed by atoms with Gasteiger partial charge in [-0.2, -0.15) is 0 Å². The first-order valence-corrected chi connectivity index (χ1v) is 8.33. The molecule has 5 heteroatoms. The highest BCUT2D eigenvalue weighted by Gasteiger charge is 2.33. The number of aromatic hydroxyl groups is 1. The third-order valence-electron chi connectivity index (χ3n) is 3.77. The first kappa shape index (κ1) is 15.8. The van der Waals surface area contributed by atoms with E-state index in [-0.39, 0.29) is 11.7 Å².